The standard InChI is InChI=1S/C18H18BrClN4O3/c19-16-11-15(24(26)27)4-5-17(16)21-18(25)12-22-6-8-23(9-7-22)14-3-1-2-13(20)10-14/h1-5,10-11H,6-9,12H2,(H,21,25). The topological polar surface area (TPSA) is 78.7 Å². The van der Waals surface area contributed by atoms with Crippen molar-refractivity contribution in [2.75, 3.05) is 42.9 Å². The van der Waals surface area contributed by atoms with Gasteiger partial charge >= 0.3 is 0 Å². The van der Waals surface area contributed by atoms with Gasteiger partial charge in [-0.3, -0.25) is 19.8 Å². The number of piperazine rings is 1. The minimum absolute atomic E-state index is 0.0305. The van der Waals surface area contributed by atoms with Crippen LogP contribution in [0.1, 0.15) is 0 Å². The van der Waals surface area contributed by atoms with Crippen molar-refractivity contribution in [3.63, 3.8) is 0 Å². The Hall–Kier alpha value is -2.16. The third-order valence-corrected chi connectivity index (χ3v) is 5.24. The molecule has 0 saturated carbocycles. The number of nitro benzene ring substituents is 1. The quantitative estimate of drug-likeness (QED) is 0.551. The second-order valence-corrected chi connectivity index (χ2v) is 7.50. The van der Waals surface area contributed by atoms with Crippen molar-refractivity contribution in [2.45, 2.75) is 0 Å². The van der Waals surface area contributed by atoms with Crippen LogP contribution in [0.3, 0.4) is 0 Å². The molecule has 0 aromatic heterocycles. The number of nitrogens with one attached hydrogen (secondary N) is 1. The van der Waals surface area contributed by atoms with Crippen molar-refractivity contribution < 1.29 is 9.72 Å². The van der Waals surface area contributed by atoms with Gasteiger partial charge in [0.1, 0.15) is 0 Å². The summed E-state index contributed by atoms with van der Waals surface area (Å²) < 4.78 is 0.482. The van der Waals surface area contributed by atoms with E-state index in [9.17, 15) is 14.9 Å². The Bertz CT molecular complexity index is 856. The lowest BCUT2D eigenvalue weighted by Gasteiger charge is -2.35. The van der Waals surface area contributed by atoms with E-state index in [-0.39, 0.29) is 18.1 Å². The molecule has 0 aliphatic carbocycles. The summed E-state index contributed by atoms with van der Waals surface area (Å²) in [5.41, 5.74) is 1.57. The number of hydrogen-bond donors (Lipinski definition) is 1. The van der Waals surface area contributed by atoms with Crippen molar-refractivity contribution in [3.05, 3.63) is 62.1 Å². The summed E-state index contributed by atoms with van der Waals surface area (Å²) in [6.07, 6.45) is 0. The molecule has 2 aromatic rings. The highest BCUT2D eigenvalue weighted by molar-refractivity contribution is 9.10. The van der Waals surface area contributed by atoms with Gasteiger partial charge in [-0.25, -0.2) is 0 Å². The van der Waals surface area contributed by atoms with E-state index in [4.69, 9.17) is 11.6 Å². The molecule has 1 N–H and O–H groups in total. The average molecular weight is 454 g/mol. The molecule has 27 heavy (non-hydrogen) atoms. The monoisotopic (exact) mass is 452 g/mol. The van der Waals surface area contributed by atoms with Gasteiger partial charge < -0.3 is 10.2 Å². The third kappa shape index (κ3) is 5.18. The number of anilines is 2. The molecule has 0 spiro atoms. The van der Waals surface area contributed by atoms with Gasteiger partial charge in [0, 0.05) is 53.5 Å². The van der Waals surface area contributed by atoms with E-state index in [2.05, 4.69) is 31.0 Å². The van der Waals surface area contributed by atoms with Crippen LogP contribution in [0.15, 0.2) is 46.9 Å². The number of carbonyl (C=O) groups is 1. The molecule has 1 aliphatic heterocycles. The summed E-state index contributed by atoms with van der Waals surface area (Å²) in [5, 5.41) is 14.3. The number of hydrogen-bond acceptors (Lipinski definition) is 5. The summed E-state index contributed by atoms with van der Waals surface area (Å²) in [5.74, 6) is -0.152. The van der Waals surface area contributed by atoms with Crippen LogP contribution in [-0.2, 0) is 4.79 Å². The van der Waals surface area contributed by atoms with Crippen LogP contribution in [0, 0.1) is 10.1 Å². The molecule has 2 aromatic carbocycles. The number of non-ortho nitro benzene ring substituents is 1. The van der Waals surface area contributed by atoms with Crippen LogP contribution in [0.5, 0.6) is 0 Å². The van der Waals surface area contributed by atoms with Crippen LogP contribution in [0.4, 0.5) is 17.1 Å². The number of halogens is 2. The number of rotatable bonds is 5. The second kappa shape index (κ2) is 8.69. The Balaban J connectivity index is 1.52. The first-order valence-electron chi connectivity index (χ1n) is 8.39. The lowest BCUT2D eigenvalue weighted by Crippen LogP contribution is -2.48. The number of nitrogens with zero attached hydrogens (tertiary/aromatic N) is 3. The lowest BCUT2D eigenvalue weighted by atomic mass is 10.2. The average Bonchev–Trinajstić information content (AvgIpc) is 2.64. The Morgan fingerprint density at radius 1 is 1.19 bits per heavy atom. The zero-order valence-electron chi connectivity index (χ0n) is 14.4. The summed E-state index contributed by atoms with van der Waals surface area (Å²) >= 11 is 9.31. The SMILES string of the molecule is O=C(CN1CCN(c2cccc(Cl)c2)CC1)Nc1ccc([N+](=O)[O-])cc1Br. The Labute approximate surface area is 170 Å². The van der Waals surface area contributed by atoms with Crippen molar-refractivity contribution in [3.8, 4) is 0 Å². The summed E-state index contributed by atoms with van der Waals surface area (Å²) in [4.78, 5) is 26.9. The molecule has 0 radical (unpaired) electrons. The van der Waals surface area contributed by atoms with Crippen LogP contribution in [0.25, 0.3) is 0 Å². The molecule has 0 atom stereocenters. The molecule has 1 saturated heterocycles. The molecule has 3 rings (SSSR count). The molecule has 1 aliphatic rings. The van der Waals surface area contributed by atoms with Crippen molar-refractivity contribution in [1.29, 1.82) is 0 Å². The van der Waals surface area contributed by atoms with Gasteiger partial charge in [-0.1, -0.05) is 17.7 Å². The van der Waals surface area contributed by atoms with E-state index >= 15 is 0 Å². The van der Waals surface area contributed by atoms with E-state index in [0.717, 1.165) is 31.9 Å². The highest BCUT2D eigenvalue weighted by Gasteiger charge is 2.20. The van der Waals surface area contributed by atoms with Gasteiger partial charge in [0.2, 0.25) is 5.91 Å². The van der Waals surface area contributed by atoms with E-state index in [1.807, 2.05) is 24.3 Å². The maximum absolute atomic E-state index is 12.3. The first-order valence-corrected chi connectivity index (χ1v) is 9.56. The van der Waals surface area contributed by atoms with Crippen molar-refractivity contribution in [1.82, 2.24) is 4.90 Å². The Kier molecular flexibility index (Phi) is 6.30. The van der Waals surface area contributed by atoms with Crippen LogP contribution in [0.2, 0.25) is 5.02 Å². The van der Waals surface area contributed by atoms with Crippen LogP contribution < -0.4 is 10.2 Å². The molecular formula is C18H18BrClN4O3. The van der Waals surface area contributed by atoms with Crippen LogP contribution in [-0.4, -0.2) is 48.5 Å². The molecule has 1 fully saturated rings. The smallest absolute Gasteiger partial charge is 0.270 e. The molecule has 7 nitrogen and oxygen atoms in total. The maximum atomic E-state index is 12.3. The van der Waals surface area contributed by atoms with E-state index < -0.39 is 4.92 Å². The highest BCUT2D eigenvalue weighted by Crippen LogP contribution is 2.27. The summed E-state index contributed by atoms with van der Waals surface area (Å²) in [6.45, 7) is 3.43. The number of nitro groups is 1. The third-order valence-electron chi connectivity index (χ3n) is 4.35. The zero-order valence-corrected chi connectivity index (χ0v) is 16.7. The number of benzene rings is 2. The fourth-order valence-corrected chi connectivity index (χ4v) is 3.60. The molecule has 1 heterocycles. The Morgan fingerprint density at radius 2 is 1.93 bits per heavy atom. The van der Waals surface area contributed by atoms with Gasteiger partial charge in [-0.2, -0.15) is 0 Å². The number of carbonyl (C=O) groups excluding carboxylic acids is 1. The van der Waals surface area contributed by atoms with Gasteiger partial charge in [0.15, 0.2) is 0 Å². The molecule has 9 heteroatoms. The number of amides is 1. The molecule has 0 bridgehead atoms. The second-order valence-electron chi connectivity index (χ2n) is 6.21. The first kappa shape index (κ1) is 19.6. The van der Waals surface area contributed by atoms with E-state index in [0.29, 0.717) is 15.2 Å². The Morgan fingerprint density at radius 3 is 2.56 bits per heavy atom. The molecule has 0 unspecified atom stereocenters. The normalized spacial score (nSPS) is 14.8. The minimum Gasteiger partial charge on any atom is -0.369 e. The highest BCUT2D eigenvalue weighted by atomic mass is 79.9. The fraction of sp³-hybridized carbons (Fsp3) is 0.278. The van der Waals surface area contributed by atoms with Gasteiger partial charge in [0.05, 0.1) is 17.2 Å². The zero-order chi connectivity index (χ0) is 19.4. The lowest BCUT2D eigenvalue weighted by molar-refractivity contribution is -0.384. The van der Waals surface area contributed by atoms with Crippen LogP contribution >= 0.6 is 27.5 Å². The van der Waals surface area contributed by atoms with Gasteiger partial charge in [-0.05, 0) is 40.2 Å². The predicted molar refractivity (Wildman–Crippen MR) is 110 cm³/mol. The maximum Gasteiger partial charge on any atom is 0.270 e. The fourth-order valence-electron chi connectivity index (χ4n) is 2.95. The minimum atomic E-state index is -0.476. The molecule has 142 valence electrons. The molecular weight excluding hydrogens is 436 g/mol. The van der Waals surface area contributed by atoms with Gasteiger partial charge in [0.25, 0.3) is 5.69 Å². The van der Waals surface area contributed by atoms with E-state index in [1.54, 1.807) is 0 Å². The van der Waals surface area contributed by atoms with Crippen molar-refractivity contribution >= 4 is 50.5 Å². The molecule has 1 amide bonds. The summed E-state index contributed by atoms with van der Waals surface area (Å²) in [6, 6.07) is 12.0. The van der Waals surface area contributed by atoms with Crippen molar-refractivity contribution in [2.24, 2.45) is 0 Å². The van der Waals surface area contributed by atoms with E-state index in [1.165, 1.54) is 18.2 Å². The predicted octanol–water partition coefficient (Wildman–Crippen LogP) is 3.77. The largest absolute Gasteiger partial charge is 0.369 e. The first-order chi connectivity index (χ1) is 12.9. The summed E-state index contributed by atoms with van der Waals surface area (Å²) in [7, 11) is 0. The van der Waals surface area contributed by atoms with Gasteiger partial charge in [-0.15, -0.1) is 0 Å².